The molecule has 104 valence electrons. The minimum Gasteiger partial charge on any atom is -0.444 e. The molecule has 0 aromatic carbocycles. The summed E-state index contributed by atoms with van der Waals surface area (Å²) in [5.74, 6) is 0.105. The van der Waals surface area contributed by atoms with Crippen LogP contribution in [0.3, 0.4) is 0 Å². The summed E-state index contributed by atoms with van der Waals surface area (Å²) in [5.41, 5.74) is 0.639. The van der Waals surface area contributed by atoms with Crippen molar-refractivity contribution in [3.63, 3.8) is 0 Å². The standard InChI is InChI=1S/C14H19NO3S/c1-14(2,3)18-13(17)15-8-10(4-6-16)12-11(9-15)5-7-19-12/h5-7,10H,4,8-9H2,1-3H3. The van der Waals surface area contributed by atoms with Crippen molar-refractivity contribution in [3.8, 4) is 0 Å². The summed E-state index contributed by atoms with van der Waals surface area (Å²) in [6.45, 7) is 6.69. The lowest BCUT2D eigenvalue weighted by molar-refractivity contribution is -0.108. The molecule has 1 atom stereocenters. The normalized spacial score (nSPS) is 18.9. The highest BCUT2D eigenvalue weighted by Gasteiger charge is 2.31. The van der Waals surface area contributed by atoms with Crippen molar-refractivity contribution in [2.75, 3.05) is 6.54 Å². The van der Waals surface area contributed by atoms with Gasteiger partial charge in [0, 0.05) is 23.8 Å². The Morgan fingerprint density at radius 2 is 2.32 bits per heavy atom. The van der Waals surface area contributed by atoms with Crippen LogP contribution in [0.25, 0.3) is 0 Å². The lowest BCUT2D eigenvalue weighted by atomic mass is 9.96. The van der Waals surface area contributed by atoms with Crippen LogP contribution in [0.15, 0.2) is 11.4 Å². The first-order valence-electron chi connectivity index (χ1n) is 6.38. The zero-order valence-corrected chi connectivity index (χ0v) is 12.3. The average molecular weight is 281 g/mol. The highest BCUT2D eigenvalue weighted by atomic mass is 32.1. The number of carbonyl (C=O) groups excluding carboxylic acids is 2. The van der Waals surface area contributed by atoms with E-state index in [1.165, 1.54) is 4.88 Å². The van der Waals surface area contributed by atoms with Gasteiger partial charge in [0.05, 0.1) is 6.54 Å². The Kier molecular flexibility index (Phi) is 3.94. The molecule has 19 heavy (non-hydrogen) atoms. The number of rotatable bonds is 2. The quantitative estimate of drug-likeness (QED) is 0.782. The largest absolute Gasteiger partial charge is 0.444 e. The molecular formula is C14H19NO3S. The van der Waals surface area contributed by atoms with Crippen LogP contribution in [0.1, 0.15) is 43.6 Å². The van der Waals surface area contributed by atoms with Crippen LogP contribution in [0.5, 0.6) is 0 Å². The van der Waals surface area contributed by atoms with Crippen LogP contribution in [-0.2, 0) is 16.1 Å². The number of hydrogen-bond acceptors (Lipinski definition) is 4. The molecular weight excluding hydrogens is 262 g/mol. The maximum atomic E-state index is 12.1. The van der Waals surface area contributed by atoms with Crippen LogP contribution in [0.4, 0.5) is 4.79 Å². The summed E-state index contributed by atoms with van der Waals surface area (Å²) in [4.78, 5) is 25.8. The third kappa shape index (κ3) is 3.35. The van der Waals surface area contributed by atoms with Crippen LogP contribution < -0.4 is 0 Å². The molecule has 4 nitrogen and oxygen atoms in total. The Morgan fingerprint density at radius 1 is 1.58 bits per heavy atom. The summed E-state index contributed by atoms with van der Waals surface area (Å²) in [6.07, 6.45) is 1.07. The Balaban J connectivity index is 2.14. The van der Waals surface area contributed by atoms with E-state index in [2.05, 4.69) is 0 Å². The zero-order valence-electron chi connectivity index (χ0n) is 11.5. The van der Waals surface area contributed by atoms with Crippen LogP contribution in [0, 0.1) is 0 Å². The molecule has 0 saturated heterocycles. The number of amides is 1. The number of ether oxygens (including phenoxy) is 1. The Morgan fingerprint density at radius 3 is 2.95 bits per heavy atom. The first kappa shape index (κ1) is 14.1. The molecule has 1 aliphatic rings. The van der Waals surface area contributed by atoms with E-state index in [0.29, 0.717) is 19.5 Å². The van der Waals surface area contributed by atoms with E-state index in [9.17, 15) is 9.59 Å². The van der Waals surface area contributed by atoms with E-state index in [1.54, 1.807) is 16.2 Å². The first-order chi connectivity index (χ1) is 8.90. The molecule has 0 saturated carbocycles. The molecule has 0 aliphatic carbocycles. The lowest BCUT2D eigenvalue weighted by Gasteiger charge is -2.33. The van der Waals surface area contributed by atoms with Gasteiger partial charge in [-0.05, 0) is 37.8 Å². The van der Waals surface area contributed by atoms with Gasteiger partial charge in [0.2, 0.25) is 0 Å². The Labute approximate surface area is 117 Å². The van der Waals surface area contributed by atoms with Gasteiger partial charge in [0.25, 0.3) is 0 Å². The second-order valence-corrected chi connectivity index (χ2v) is 6.72. The van der Waals surface area contributed by atoms with Gasteiger partial charge in [-0.1, -0.05) is 0 Å². The lowest BCUT2D eigenvalue weighted by Crippen LogP contribution is -2.41. The van der Waals surface area contributed by atoms with E-state index in [4.69, 9.17) is 4.74 Å². The highest BCUT2D eigenvalue weighted by Crippen LogP contribution is 2.34. The number of thiophene rings is 1. The van der Waals surface area contributed by atoms with Crippen molar-refractivity contribution < 1.29 is 14.3 Å². The fourth-order valence-corrected chi connectivity index (χ4v) is 3.24. The van der Waals surface area contributed by atoms with Crippen molar-refractivity contribution in [2.24, 2.45) is 0 Å². The number of fused-ring (bicyclic) bond motifs is 1. The van der Waals surface area contributed by atoms with E-state index >= 15 is 0 Å². The van der Waals surface area contributed by atoms with Crippen molar-refractivity contribution in [2.45, 2.75) is 45.3 Å². The summed E-state index contributed by atoms with van der Waals surface area (Å²) in [7, 11) is 0. The second kappa shape index (κ2) is 5.33. The first-order valence-corrected chi connectivity index (χ1v) is 7.26. The molecule has 1 aromatic rings. The minimum atomic E-state index is -0.494. The summed E-state index contributed by atoms with van der Waals surface area (Å²) in [6, 6.07) is 2.02. The molecule has 2 rings (SSSR count). The molecule has 0 bridgehead atoms. The minimum absolute atomic E-state index is 0.105. The third-order valence-electron chi connectivity index (χ3n) is 2.99. The van der Waals surface area contributed by atoms with Crippen LogP contribution in [-0.4, -0.2) is 29.4 Å². The summed E-state index contributed by atoms with van der Waals surface area (Å²) in [5, 5.41) is 2.01. The van der Waals surface area contributed by atoms with Gasteiger partial charge < -0.3 is 14.4 Å². The van der Waals surface area contributed by atoms with Gasteiger partial charge in [-0.15, -0.1) is 11.3 Å². The number of nitrogens with zero attached hydrogens (tertiary/aromatic N) is 1. The molecule has 1 aromatic heterocycles. The molecule has 0 N–H and O–H groups in total. The molecule has 1 aliphatic heterocycles. The maximum Gasteiger partial charge on any atom is 0.410 e. The van der Waals surface area contributed by atoms with Gasteiger partial charge in [0.15, 0.2) is 0 Å². The van der Waals surface area contributed by atoms with Crippen LogP contribution >= 0.6 is 11.3 Å². The number of hydrogen-bond donors (Lipinski definition) is 0. The smallest absolute Gasteiger partial charge is 0.410 e. The molecule has 0 fully saturated rings. The van der Waals surface area contributed by atoms with Crippen molar-refractivity contribution >= 4 is 23.7 Å². The van der Waals surface area contributed by atoms with Gasteiger partial charge in [-0.25, -0.2) is 4.79 Å². The maximum absolute atomic E-state index is 12.1. The van der Waals surface area contributed by atoms with Crippen molar-refractivity contribution in [3.05, 3.63) is 21.9 Å². The molecule has 0 radical (unpaired) electrons. The number of carbonyl (C=O) groups is 2. The predicted octanol–water partition coefficient (Wildman–Crippen LogP) is 3.17. The molecule has 0 spiro atoms. The summed E-state index contributed by atoms with van der Waals surface area (Å²) >= 11 is 1.66. The zero-order chi connectivity index (χ0) is 14.0. The highest BCUT2D eigenvalue weighted by molar-refractivity contribution is 7.10. The van der Waals surface area contributed by atoms with E-state index in [-0.39, 0.29) is 12.0 Å². The topological polar surface area (TPSA) is 46.6 Å². The fourth-order valence-electron chi connectivity index (χ4n) is 2.22. The van der Waals surface area contributed by atoms with Crippen LogP contribution in [0.2, 0.25) is 0 Å². The van der Waals surface area contributed by atoms with Crippen molar-refractivity contribution in [1.82, 2.24) is 4.90 Å². The SMILES string of the molecule is CC(C)(C)OC(=O)N1Cc2ccsc2C(CC=O)C1. The molecule has 1 amide bonds. The van der Waals surface area contributed by atoms with E-state index in [0.717, 1.165) is 11.8 Å². The van der Waals surface area contributed by atoms with Gasteiger partial charge >= 0.3 is 6.09 Å². The van der Waals surface area contributed by atoms with E-state index < -0.39 is 5.60 Å². The average Bonchev–Trinajstić information content (AvgIpc) is 2.75. The van der Waals surface area contributed by atoms with Gasteiger partial charge in [0.1, 0.15) is 11.9 Å². The monoisotopic (exact) mass is 281 g/mol. The van der Waals surface area contributed by atoms with Gasteiger partial charge in [-0.2, -0.15) is 0 Å². The molecule has 2 heterocycles. The molecule has 5 heteroatoms. The third-order valence-corrected chi connectivity index (χ3v) is 4.11. The second-order valence-electron chi connectivity index (χ2n) is 5.77. The Bertz CT molecular complexity index is 475. The van der Waals surface area contributed by atoms with Crippen molar-refractivity contribution in [1.29, 1.82) is 0 Å². The van der Waals surface area contributed by atoms with Gasteiger partial charge in [-0.3, -0.25) is 0 Å². The molecule has 1 unspecified atom stereocenters. The summed E-state index contributed by atoms with van der Waals surface area (Å²) < 4.78 is 5.40. The Hall–Kier alpha value is -1.36. The van der Waals surface area contributed by atoms with E-state index in [1.807, 2.05) is 32.2 Å². The fraction of sp³-hybridized carbons (Fsp3) is 0.571. The number of aldehydes is 1. The predicted molar refractivity (Wildman–Crippen MR) is 74.4 cm³/mol.